The molecule has 0 atom stereocenters. The van der Waals surface area contributed by atoms with Crippen LogP contribution in [0.15, 0.2) is 35.2 Å². The zero-order chi connectivity index (χ0) is 16.7. The van der Waals surface area contributed by atoms with E-state index in [9.17, 15) is 4.79 Å². The van der Waals surface area contributed by atoms with E-state index in [1.165, 1.54) is 17.4 Å². The molecule has 0 saturated heterocycles. The van der Waals surface area contributed by atoms with Crippen LogP contribution in [0.4, 0.5) is 0 Å². The van der Waals surface area contributed by atoms with Gasteiger partial charge in [0.15, 0.2) is 0 Å². The van der Waals surface area contributed by atoms with Crippen LogP contribution in [0, 0.1) is 11.3 Å². The first-order valence-corrected chi connectivity index (χ1v) is 8.05. The predicted molar refractivity (Wildman–Crippen MR) is 91.0 cm³/mol. The standard InChI is InChI=1S/C17H17N3O2S/c1-3-7-19-17(21)13(10-18)9-16-20-15(11-23-16)12-5-4-6-14(8-12)22-2/h4-6,8-9,11H,3,7H2,1-2H3,(H,19,21)/b13-9-. The molecule has 0 fully saturated rings. The van der Waals surface area contributed by atoms with Crippen LogP contribution in [0.1, 0.15) is 18.4 Å². The van der Waals surface area contributed by atoms with E-state index in [0.717, 1.165) is 23.4 Å². The lowest BCUT2D eigenvalue weighted by Gasteiger charge is -2.01. The third-order valence-corrected chi connectivity index (χ3v) is 3.85. The summed E-state index contributed by atoms with van der Waals surface area (Å²) in [6.45, 7) is 2.50. The van der Waals surface area contributed by atoms with Gasteiger partial charge in [-0.2, -0.15) is 5.26 Å². The van der Waals surface area contributed by atoms with E-state index in [0.29, 0.717) is 11.6 Å². The molecule has 0 aliphatic heterocycles. The lowest BCUT2D eigenvalue weighted by Crippen LogP contribution is -2.25. The van der Waals surface area contributed by atoms with E-state index in [-0.39, 0.29) is 11.5 Å². The first kappa shape index (κ1) is 16.7. The predicted octanol–water partition coefficient (Wildman–Crippen LogP) is 3.25. The van der Waals surface area contributed by atoms with Gasteiger partial charge < -0.3 is 10.1 Å². The van der Waals surface area contributed by atoms with Crippen LogP contribution in [0.25, 0.3) is 17.3 Å². The number of carbonyl (C=O) groups excluding carboxylic acids is 1. The molecule has 0 radical (unpaired) electrons. The van der Waals surface area contributed by atoms with E-state index < -0.39 is 0 Å². The van der Waals surface area contributed by atoms with Gasteiger partial charge in [0, 0.05) is 17.5 Å². The second-order valence-electron chi connectivity index (χ2n) is 4.73. The van der Waals surface area contributed by atoms with Crippen molar-refractivity contribution in [2.75, 3.05) is 13.7 Å². The number of nitrogens with one attached hydrogen (secondary N) is 1. The number of rotatable bonds is 6. The maximum Gasteiger partial charge on any atom is 0.262 e. The van der Waals surface area contributed by atoms with Gasteiger partial charge >= 0.3 is 0 Å². The molecule has 0 bridgehead atoms. The van der Waals surface area contributed by atoms with Gasteiger partial charge in [0.2, 0.25) is 0 Å². The summed E-state index contributed by atoms with van der Waals surface area (Å²) >= 11 is 1.38. The van der Waals surface area contributed by atoms with E-state index in [2.05, 4.69) is 10.3 Å². The number of methoxy groups -OCH3 is 1. The Bertz CT molecular complexity index is 759. The summed E-state index contributed by atoms with van der Waals surface area (Å²) in [5, 5.41) is 14.3. The van der Waals surface area contributed by atoms with E-state index in [1.54, 1.807) is 7.11 Å². The Kier molecular flexibility index (Phi) is 5.89. The first-order valence-electron chi connectivity index (χ1n) is 7.18. The molecular formula is C17H17N3O2S. The normalized spacial score (nSPS) is 10.9. The molecule has 1 aromatic heterocycles. The Morgan fingerprint density at radius 3 is 3.04 bits per heavy atom. The number of nitriles is 1. The van der Waals surface area contributed by atoms with Crippen LogP contribution < -0.4 is 10.1 Å². The molecule has 118 valence electrons. The van der Waals surface area contributed by atoms with Gasteiger partial charge in [0.05, 0.1) is 12.8 Å². The quantitative estimate of drug-likeness (QED) is 0.653. The minimum absolute atomic E-state index is 0.0602. The van der Waals surface area contributed by atoms with Crippen LogP contribution in [0.2, 0.25) is 0 Å². The molecule has 1 heterocycles. The van der Waals surface area contributed by atoms with Crippen LogP contribution in [0.5, 0.6) is 5.75 Å². The zero-order valence-electron chi connectivity index (χ0n) is 13.0. The molecule has 0 spiro atoms. The first-order chi connectivity index (χ1) is 11.2. The van der Waals surface area contributed by atoms with E-state index >= 15 is 0 Å². The Hall–Kier alpha value is -2.65. The molecule has 0 aliphatic rings. The highest BCUT2D eigenvalue weighted by Crippen LogP contribution is 2.26. The minimum Gasteiger partial charge on any atom is -0.497 e. The highest BCUT2D eigenvalue weighted by molar-refractivity contribution is 7.10. The van der Waals surface area contributed by atoms with Crippen molar-refractivity contribution < 1.29 is 9.53 Å². The van der Waals surface area contributed by atoms with Crippen molar-refractivity contribution in [2.45, 2.75) is 13.3 Å². The van der Waals surface area contributed by atoms with Gasteiger partial charge in [0.25, 0.3) is 5.91 Å². The fraction of sp³-hybridized carbons (Fsp3) is 0.235. The Balaban J connectivity index is 2.22. The van der Waals surface area contributed by atoms with Gasteiger partial charge in [0.1, 0.15) is 22.4 Å². The third-order valence-electron chi connectivity index (χ3n) is 3.06. The summed E-state index contributed by atoms with van der Waals surface area (Å²) in [5.41, 5.74) is 1.77. The molecule has 5 nitrogen and oxygen atoms in total. The maximum atomic E-state index is 11.9. The van der Waals surface area contributed by atoms with Crippen molar-refractivity contribution in [1.82, 2.24) is 10.3 Å². The number of nitrogens with zero attached hydrogens (tertiary/aromatic N) is 2. The SMILES string of the molecule is CCCNC(=O)/C(C#N)=C\c1nc(-c2cccc(OC)c2)cs1. The summed E-state index contributed by atoms with van der Waals surface area (Å²) in [7, 11) is 1.61. The number of carbonyl (C=O) groups is 1. The molecule has 0 aliphatic carbocycles. The minimum atomic E-state index is -0.368. The number of hydrogen-bond acceptors (Lipinski definition) is 5. The topological polar surface area (TPSA) is 75.0 Å². The molecular weight excluding hydrogens is 310 g/mol. The van der Waals surface area contributed by atoms with Crippen molar-refractivity contribution >= 4 is 23.3 Å². The van der Waals surface area contributed by atoms with Gasteiger partial charge in [-0.05, 0) is 24.6 Å². The Morgan fingerprint density at radius 1 is 1.52 bits per heavy atom. The van der Waals surface area contributed by atoms with Crippen LogP contribution in [-0.4, -0.2) is 24.5 Å². The zero-order valence-corrected chi connectivity index (χ0v) is 13.8. The molecule has 2 aromatic rings. The summed E-state index contributed by atoms with van der Waals surface area (Å²) < 4.78 is 5.20. The highest BCUT2D eigenvalue weighted by Gasteiger charge is 2.10. The number of ether oxygens (including phenoxy) is 1. The van der Waals surface area contributed by atoms with E-state index in [4.69, 9.17) is 10.00 Å². The maximum absolute atomic E-state index is 11.9. The molecule has 0 unspecified atom stereocenters. The number of amides is 1. The fourth-order valence-corrected chi connectivity index (χ4v) is 2.63. The van der Waals surface area contributed by atoms with Crippen molar-refractivity contribution in [2.24, 2.45) is 0 Å². The summed E-state index contributed by atoms with van der Waals surface area (Å²) in [6.07, 6.45) is 2.33. The molecule has 1 amide bonds. The van der Waals surface area contributed by atoms with Crippen LogP contribution >= 0.6 is 11.3 Å². The highest BCUT2D eigenvalue weighted by atomic mass is 32.1. The molecule has 0 saturated carbocycles. The summed E-state index contributed by atoms with van der Waals surface area (Å²) in [5.74, 6) is 0.386. The van der Waals surface area contributed by atoms with Crippen molar-refractivity contribution in [3.05, 3.63) is 40.2 Å². The van der Waals surface area contributed by atoms with Crippen molar-refractivity contribution in [3.63, 3.8) is 0 Å². The number of hydrogen-bond donors (Lipinski definition) is 1. The van der Waals surface area contributed by atoms with E-state index in [1.807, 2.05) is 42.6 Å². The lowest BCUT2D eigenvalue weighted by molar-refractivity contribution is -0.117. The van der Waals surface area contributed by atoms with Crippen molar-refractivity contribution in [1.29, 1.82) is 5.26 Å². The van der Waals surface area contributed by atoms with Crippen LogP contribution in [-0.2, 0) is 4.79 Å². The monoisotopic (exact) mass is 327 g/mol. The Morgan fingerprint density at radius 2 is 2.35 bits per heavy atom. The fourth-order valence-electron chi connectivity index (χ4n) is 1.87. The van der Waals surface area contributed by atoms with Gasteiger partial charge in [-0.3, -0.25) is 4.79 Å². The number of benzene rings is 1. The lowest BCUT2D eigenvalue weighted by atomic mass is 10.1. The second-order valence-corrected chi connectivity index (χ2v) is 5.62. The van der Waals surface area contributed by atoms with Crippen molar-refractivity contribution in [3.8, 4) is 23.1 Å². The van der Waals surface area contributed by atoms with Crippen LogP contribution in [0.3, 0.4) is 0 Å². The Labute approximate surface area is 139 Å². The largest absolute Gasteiger partial charge is 0.497 e. The summed E-state index contributed by atoms with van der Waals surface area (Å²) in [4.78, 5) is 16.3. The number of thiazole rings is 1. The molecule has 6 heteroatoms. The smallest absolute Gasteiger partial charge is 0.262 e. The molecule has 23 heavy (non-hydrogen) atoms. The van der Waals surface area contributed by atoms with Gasteiger partial charge in [-0.15, -0.1) is 11.3 Å². The average Bonchev–Trinajstić information content (AvgIpc) is 3.06. The second kappa shape index (κ2) is 8.11. The third kappa shape index (κ3) is 4.41. The molecule has 2 rings (SSSR count). The molecule has 1 aromatic carbocycles. The van der Waals surface area contributed by atoms with Gasteiger partial charge in [-0.1, -0.05) is 19.1 Å². The van der Waals surface area contributed by atoms with Gasteiger partial charge in [-0.25, -0.2) is 4.98 Å². The summed E-state index contributed by atoms with van der Waals surface area (Å²) in [6, 6.07) is 9.50. The average molecular weight is 327 g/mol. The molecule has 1 N–H and O–H groups in total. The number of aromatic nitrogens is 1.